The fourth-order valence-electron chi connectivity index (χ4n) is 2.59. The van der Waals surface area contributed by atoms with Crippen LogP contribution >= 0.6 is 23.5 Å². The molecule has 1 heterocycles. The van der Waals surface area contributed by atoms with Crippen molar-refractivity contribution in [3.8, 4) is 0 Å². The number of rotatable bonds is 7. The molecule has 128 valence electrons. The van der Waals surface area contributed by atoms with Gasteiger partial charge in [-0.3, -0.25) is 4.99 Å². The third-order valence-corrected chi connectivity index (χ3v) is 5.56. The van der Waals surface area contributed by atoms with E-state index in [4.69, 9.17) is 10.7 Å². The fourth-order valence-corrected chi connectivity index (χ4v) is 3.74. The van der Waals surface area contributed by atoms with Gasteiger partial charge in [-0.05, 0) is 37.7 Å². The van der Waals surface area contributed by atoms with Crippen LogP contribution in [-0.4, -0.2) is 54.8 Å². The van der Waals surface area contributed by atoms with Crippen molar-refractivity contribution >= 4 is 35.2 Å². The maximum absolute atomic E-state index is 5.54. The molecule has 2 rings (SSSR count). The number of thioether (sulfide) groups is 2. The van der Waals surface area contributed by atoms with Crippen LogP contribution in [0.1, 0.15) is 19.3 Å². The summed E-state index contributed by atoms with van der Waals surface area (Å²) in [5, 5.41) is 3.58. The summed E-state index contributed by atoms with van der Waals surface area (Å²) in [5.74, 6) is 3.07. The van der Waals surface area contributed by atoms with E-state index in [1.807, 2.05) is 11.8 Å². The maximum atomic E-state index is 5.54. The topological polar surface area (TPSA) is 53.6 Å². The van der Waals surface area contributed by atoms with Gasteiger partial charge >= 0.3 is 0 Å². The van der Waals surface area contributed by atoms with Crippen LogP contribution in [0.3, 0.4) is 0 Å². The summed E-state index contributed by atoms with van der Waals surface area (Å²) < 4.78 is 0. The molecular weight excluding hydrogens is 324 g/mol. The van der Waals surface area contributed by atoms with Crippen molar-refractivity contribution in [3.05, 3.63) is 24.3 Å². The first-order valence-corrected chi connectivity index (χ1v) is 10.7. The van der Waals surface area contributed by atoms with Gasteiger partial charge in [-0.2, -0.15) is 11.8 Å². The van der Waals surface area contributed by atoms with Crippen LogP contribution in [0.4, 0.5) is 5.69 Å². The number of piperidine rings is 1. The van der Waals surface area contributed by atoms with E-state index < -0.39 is 0 Å². The number of benzene rings is 1. The minimum absolute atomic E-state index is 0.743. The highest BCUT2D eigenvalue weighted by Gasteiger charge is 2.15. The molecular formula is C17H28N4S2. The quantitative estimate of drug-likeness (QED) is 0.341. The van der Waals surface area contributed by atoms with Crippen molar-refractivity contribution in [2.75, 3.05) is 49.3 Å². The van der Waals surface area contributed by atoms with Gasteiger partial charge in [0.2, 0.25) is 0 Å². The predicted molar refractivity (Wildman–Crippen MR) is 106 cm³/mol. The lowest BCUT2D eigenvalue weighted by Gasteiger charge is -2.30. The molecule has 0 amide bonds. The molecule has 0 atom stereocenters. The van der Waals surface area contributed by atoms with Gasteiger partial charge in [0.25, 0.3) is 0 Å². The van der Waals surface area contributed by atoms with Gasteiger partial charge in [0.15, 0.2) is 5.96 Å². The molecule has 23 heavy (non-hydrogen) atoms. The number of hydrogen-bond donors (Lipinski definition) is 2. The molecule has 1 fully saturated rings. The Kier molecular flexibility index (Phi) is 8.71. The Bertz CT molecular complexity index is 487. The second-order valence-electron chi connectivity index (χ2n) is 5.48. The third kappa shape index (κ3) is 6.28. The van der Waals surface area contributed by atoms with E-state index >= 15 is 0 Å². The van der Waals surface area contributed by atoms with Gasteiger partial charge in [0.1, 0.15) is 0 Å². The predicted octanol–water partition coefficient (Wildman–Crippen LogP) is 3.35. The fraction of sp³-hybridized carbons (Fsp3) is 0.588. The minimum Gasteiger partial charge on any atom is -0.343 e. The van der Waals surface area contributed by atoms with Gasteiger partial charge < -0.3 is 16.0 Å². The van der Waals surface area contributed by atoms with Crippen LogP contribution in [0, 0.1) is 0 Å². The van der Waals surface area contributed by atoms with E-state index in [9.17, 15) is 0 Å². The first-order valence-electron chi connectivity index (χ1n) is 8.32. The Morgan fingerprint density at radius 2 is 2.00 bits per heavy atom. The van der Waals surface area contributed by atoms with E-state index in [0.717, 1.165) is 49.3 Å². The van der Waals surface area contributed by atoms with Crippen LogP contribution in [0.15, 0.2) is 34.2 Å². The highest BCUT2D eigenvalue weighted by molar-refractivity contribution is 7.99. The molecule has 6 heteroatoms. The largest absolute Gasteiger partial charge is 0.343 e. The lowest BCUT2D eigenvalue weighted by Crippen LogP contribution is -2.40. The highest BCUT2D eigenvalue weighted by atomic mass is 32.2. The summed E-state index contributed by atoms with van der Waals surface area (Å²) in [6, 6.07) is 8.44. The van der Waals surface area contributed by atoms with E-state index in [2.05, 4.69) is 40.7 Å². The Labute approximate surface area is 148 Å². The van der Waals surface area contributed by atoms with Crippen LogP contribution in [0.2, 0.25) is 0 Å². The van der Waals surface area contributed by atoms with Crippen LogP contribution < -0.4 is 11.1 Å². The zero-order chi connectivity index (χ0) is 16.3. The van der Waals surface area contributed by atoms with Gasteiger partial charge in [0.05, 0.1) is 12.2 Å². The third-order valence-electron chi connectivity index (χ3n) is 3.77. The number of nitrogens with zero attached hydrogens (tertiary/aromatic N) is 2. The Morgan fingerprint density at radius 3 is 2.74 bits per heavy atom. The second kappa shape index (κ2) is 10.8. The van der Waals surface area contributed by atoms with Gasteiger partial charge in [0, 0.05) is 36.0 Å². The summed E-state index contributed by atoms with van der Waals surface area (Å²) in [6.45, 7) is 3.78. The number of nitrogens with one attached hydrogen (secondary N) is 1. The zero-order valence-corrected chi connectivity index (χ0v) is 15.6. The summed E-state index contributed by atoms with van der Waals surface area (Å²) in [6.07, 6.45) is 5.96. The zero-order valence-electron chi connectivity index (χ0n) is 14.0. The molecule has 1 saturated heterocycles. The first-order chi connectivity index (χ1) is 11.3. The molecule has 0 saturated carbocycles. The second-order valence-corrected chi connectivity index (χ2v) is 7.55. The number of likely N-dealkylation sites (tertiary alicyclic amines) is 1. The number of nitrogens with two attached hydrogens (primary N) is 1. The smallest absolute Gasteiger partial charge is 0.198 e. The van der Waals surface area contributed by atoms with Gasteiger partial charge in [-0.1, -0.05) is 12.1 Å². The molecule has 0 spiro atoms. The normalized spacial score (nSPS) is 15.7. The molecule has 1 aromatic rings. The van der Waals surface area contributed by atoms with E-state index in [1.54, 1.807) is 11.8 Å². The number of para-hydroxylation sites is 1. The van der Waals surface area contributed by atoms with Crippen LogP contribution in [0.25, 0.3) is 0 Å². The molecule has 1 aliphatic heterocycles. The number of aliphatic imine (C=N–C) groups is 1. The summed E-state index contributed by atoms with van der Waals surface area (Å²) in [4.78, 5) is 8.51. The lowest BCUT2D eigenvalue weighted by molar-refractivity contribution is 0.340. The Hall–Kier alpha value is -0.850. The SMILES string of the molecule is CSc1ccccc1NC(=NCCSCCN)N1CCCCC1. The standard InChI is InChI=1S/C17H28N4S2/c1-22-16-8-4-3-7-15(16)20-17(19-10-14-23-13-9-18)21-11-5-2-6-12-21/h3-4,7-8H,2,5-6,9-14,18H2,1H3,(H,19,20). The van der Waals surface area contributed by atoms with Crippen molar-refractivity contribution in [1.29, 1.82) is 0 Å². The number of anilines is 1. The average molecular weight is 353 g/mol. The molecule has 1 aromatic carbocycles. The van der Waals surface area contributed by atoms with E-state index in [-0.39, 0.29) is 0 Å². The number of guanidine groups is 1. The molecule has 0 aliphatic carbocycles. The van der Waals surface area contributed by atoms with E-state index in [0.29, 0.717) is 0 Å². The molecule has 0 unspecified atom stereocenters. The molecule has 0 bridgehead atoms. The minimum atomic E-state index is 0.743. The number of hydrogen-bond acceptors (Lipinski definition) is 4. The van der Waals surface area contributed by atoms with Gasteiger partial charge in [-0.15, -0.1) is 11.8 Å². The molecule has 4 nitrogen and oxygen atoms in total. The monoisotopic (exact) mass is 352 g/mol. The molecule has 1 aliphatic rings. The van der Waals surface area contributed by atoms with Crippen LogP contribution in [-0.2, 0) is 0 Å². The van der Waals surface area contributed by atoms with Crippen molar-refractivity contribution in [2.45, 2.75) is 24.2 Å². The lowest BCUT2D eigenvalue weighted by atomic mass is 10.1. The Balaban J connectivity index is 2.04. The van der Waals surface area contributed by atoms with Crippen molar-refractivity contribution in [1.82, 2.24) is 4.90 Å². The first kappa shape index (κ1) is 18.5. The van der Waals surface area contributed by atoms with Crippen molar-refractivity contribution in [3.63, 3.8) is 0 Å². The maximum Gasteiger partial charge on any atom is 0.198 e. The molecule has 0 radical (unpaired) electrons. The highest BCUT2D eigenvalue weighted by Crippen LogP contribution is 2.25. The van der Waals surface area contributed by atoms with Gasteiger partial charge in [-0.25, -0.2) is 0 Å². The van der Waals surface area contributed by atoms with Crippen molar-refractivity contribution < 1.29 is 0 Å². The summed E-state index contributed by atoms with van der Waals surface area (Å²) in [5.41, 5.74) is 6.69. The van der Waals surface area contributed by atoms with Crippen LogP contribution in [0.5, 0.6) is 0 Å². The average Bonchev–Trinajstić information content (AvgIpc) is 2.61. The molecule has 3 N–H and O–H groups in total. The summed E-state index contributed by atoms with van der Waals surface area (Å²) >= 11 is 3.64. The Morgan fingerprint density at radius 1 is 1.22 bits per heavy atom. The van der Waals surface area contributed by atoms with E-state index in [1.165, 1.54) is 24.2 Å². The molecule has 0 aromatic heterocycles. The summed E-state index contributed by atoms with van der Waals surface area (Å²) in [7, 11) is 0. The van der Waals surface area contributed by atoms with Crippen molar-refractivity contribution in [2.24, 2.45) is 10.7 Å².